The third-order valence-corrected chi connectivity index (χ3v) is 5.40. The minimum absolute atomic E-state index is 0. The van der Waals surface area contributed by atoms with Gasteiger partial charge in [-0.05, 0) is 0 Å². The van der Waals surface area contributed by atoms with E-state index in [9.17, 15) is 4.79 Å². The Labute approximate surface area is 151 Å². The molecule has 1 amide bonds. The quantitative estimate of drug-likeness (QED) is 0.844. The molecule has 1 unspecified atom stereocenters. The molecule has 0 aliphatic carbocycles. The smallest absolute Gasteiger partial charge is 0.240 e. The van der Waals surface area contributed by atoms with Gasteiger partial charge in [0.2, 0.25) is 11.0 Å². The van der Waals surface area contributed by atoms with Crippen molar-refractivity contribution in [2.24, 2.45) is 0 Å². The van der Waals surface area contributed by atoms with Crippen LogP contribution in [0.4, 0.5) is 5.13 Å². The first-order chi connectivity index (χ1) is 9.78. The molecule has 1 atom stereocenters. The van der Waals surface area contributed by atoms with E-state index in [4.69, 9.17) is 0 Å². The van der Waals surface area contributed by atoms with Gasteiger partial charge < -0.3 is 9.80 Å². The van der Waals surface area contributed by atoms with Gasteiger partial charge in [0.15, 0.2) is 0 Å². The average Bonchev–Trinajstić information content (AvgIpc) is 3.18. The van der Waals surface area contributed by atoms with E-state index in [-0.39, 0.29) is 36.8 Å². The third-order valence-electron chi connectivity index (χ3n) is 3.65. The summed E-state index contributed by atoms with van der Waals surface area (Å²) in [5, 5.41) is 4.23. The van der Waals surface area contributed by atoms with Gasteiger partial charge in [0.25, 0.3) is 0 Å². The van der Waals surface area contributed by atoms with Crippen molar-refractivity contribution >= 4 is 59.1 Å². The summed E-state index contributed by atoms with van der Waals surface area (Å²) >= 11 is 3.25. The van der Waals surface area contributed by atoms with Gasteiger partial charge in [-0.25, -0.2) is 4.98 Å². The zero-order valence-corrected chi connectivity index (χ0v) is 15.6. The third kappa shape index (κ3) is 4.38. The molecule has 3 heterocycles. The maximum absolute atomic E-state index is 12.3. The zero-order valence-electron chi connectivity index (χ0n) is 12.4. The first-order valence-corrected chi connectivity index (χ1v) is 8.88. The Morgan fingerprint density at radius 2 is 2.05 bits per heavy atom. The molecule has 10 heteroatoms. The lowest BCUT2D eigenvalue weighted by Crippen LogP contribution is -2.53. The lowest BCUT2D eigenvalue weighted by molar-refractivity contribution is -0.132. The first kappa shape index (κ1) is 19.8. The summed E-state index contributed by atoms with van der Waals surface area (Å²) in [6.45, 7) is 5.33. The lowest BCUT2D eigenvalue weighted by atomic mass is 10.2. The summed E-state index contributed by atoms with van der Waals surface area (Å²) in [6, 6.07) is 0.0137. The zero-order chi connectivity index (χ0) is 13.9. The second-order valence-electron chi connectivity index (χ2n) is 4.93. The summed E-state index contributed by atoms with van der Waals surface area (Å²) < 4.78 is 4.32. The number of anilines is 1. The normalized spacial score (nSPS) is 21.2. The number of nitrogens with one attached hydrogen (secondary N) is 1. The standard InChI is InChI=1S/C12H19N5OS2.2ClH/c1-2-10-14-12(20-15-10)17-5-3-16(4-6-17)11(18)9-7-19-8-13-9;;/h9,13H,2-8H2,1H3;2*1H. The Balaban J connectivity index is 0.00000121. The molecule has 22 heavy (non-hydrogen) atoms. The first-order valence-electron chi connectivity index (χ1n) is 6.95. The highest BCUT2D eigenvalue weighted by atomic mass is 35.5. The SMILES string of the molecule is CCc1nsc(N2CCN(C(=O)C3CSCN3)CC2)n1.Cl.Cl. The van der Waals surface area contributed by atoms with Crippen molar-refractivity contribution in [3.8, 4) is 0 Å². The van der Waals surface area contributed by atoms with Crippen molar-refractivity contribution in [1.82, 2.24) is 19.6 Å². The van der Waals surface area contributed by atoms with E-state index in [2.05, 4.69) is 26.5 Å². The number of aromatic nitrogens is 2. The van der Waals surface area contributed by atoms with E-state index in [0.717, 1.165) is 55.2 Å². The van der Waals surface area contributed by atoms with Crippen LogP contribution in [0.25, 0.3) is 0 Å². The summed E-state index contributed by atoms with van der Waals surface area (Å²) in [5.41, 5.74) is 0. The summed E-state index contributed by atoms with van der Waals surface area (Å²) in [4.78, 5) is 21.0. The van der Waals surface area contributed by atoms with Crippen molar-refractivity contribution in [2.75, 3.05) is 42.7 Å². The minimum atomic E-state index is 0. The maximum atomic E-state index is 12.3. The van der Waals surface area contributed by atoms with Crippen LogP contribution >= 0.6 is 48.1 Å². The van der Waals surface area contributed by atoms with Gasteiger partial charge >= 0.3 is 0 Å². The lowest BCUT2D eigenvalue weighted by Gasteiger charge is -2.35. The predicted molar refractivity (Wildman–Crippen MR) is 96.8 cm³/mol. The fraction of sp³-hybridized carbons (Fsp3) is 0.750. The average molecular weight is 386 g/mol. The van der Waals surface area contributed by atoms with Gasteiger partial charge in [-0.1, -0.05) is 6.92 Å². The molecule has 3 rings (SSSR count). The Morgan fingerprint density at radius 1 is 1.32 bits per heavy atom. The Bertz CT molecular complexity index is 476. The number of rotatable bonds is 3. The number of aryl methyl sites for hydroxylation is 1. The summed E-state index contributed by atoms with van der Waals surface area (Å²) in [6.07, 6.45) is 0.875. The van der Waals surface area contributed by atoms with Crippen molar-refractivity contribution in [3.63, 3.8) is 0 Å². The van der Waals surface area contributed by atoms with Gasteiger partial charge in [0.05, 0.1) is 6.04 Å². The molecule has 1 aromatic heterocycles. The molecule has 0 saturated carbocycles. The van der Waals surface area contributed by atoms with Crippen LogP contribution < -0.4 is 10.2 Å². The molecule has 0 aromatic carbocycles. The molecule has 0 bridgehead atoms. The number of carbonyl (C=O) groups excluding carboxylic acids is 1. The molecule has 0 spiro atoms. The highest BCUT2D eigenvalue weighted by Crippen LogP contribution is 2.20. The van der Waals surface area contributed by atoms with Gasteiger partial charge in [-0.3, -0.25) is 10.1 Å². The Morgan fingerprint density at radius 3 is 2.59 bits per heavy atom. The Kier molecular flexibility index (Phi) is 8.20. The van der Waals surface area contributed by atoms with E-state index in [1.165, 1.54) is 11.5 Å². The number of nitrogens with zero attached hydrogens (tertiary/aromatic N) is 4. The maximum Gasteiger partial charge on any atom is 0.240 e. The number of carbonyl (C=O) groups is 1. The van der Waals surface area contributed by atoms with E-state index >= 15 is 0 Å². The monoisotopic (exact) mass is 385 g/mol. The van der Waals surface area contributed by atoms with E-state index < -0.39 is 0 Å². The fourth-order valence-electron chi connectivity index (χ4n) is 2.41. The van der Waals surface area contributed by atoms with Crippen LogP contribution in [0.3, 0.4) is 0 Å². The topological polar surface area (TPSA) is 61.4 Å². The van der Waals surface area contributed by atoms with Crippen LogP contribution in [0.1, 0.15) is 12.7 Å². The molecular formula is C12H21Cl2N5OS2. The van der Waals surface area contributed by atoms with Crippen LogP contribution in [0, 0.1) is 0 Å². The molecule has 0 radical (unpaired) electrons. The van der Waals surface area contributed by atoms with Gasteiger partial charge in [0, 0.05) is 55.8 Å². The van der Waals surface area contributed by atoms with Crippen LogP contribution in [-0.2, 0) is 11.2 Å². The molecule has 126 valence electrons. The largest absolute Gasteiger partial charge is 0.343 e. The van der Waals surface area contributed by atoms with Gasteiger partial charge in [-0.15, -0.1) is 36.6 Å². The summed E-state index contributed by atoms with van der Waals surface area (Å²) in [5.74, 6) is 2.95. The number of piperazine rings is 1. The van der Waals surface area contributed by atoms with Crippen molar-refractivity contribution in [2.45, 2.75) is 19.4 Å². The van der Waals surface area contributed by atoms with Crippen LogP contribution in [-0.4, -0.2) is 64.0 Å². The number of hydrogen-bond acceptors (Lipinski definition) is 7. The summed E-state index contributed by atoms with van der Waals surface area (Å²) in [7, 11) is 0. The molecule has 1 N–H and O–H groups in total. The predicted octanol–water partition coefficient (Wildman–Crippen LogP) is 1.26. The van der Waals surface area contributed by atoms with Gasteiger partial charge in [-0.2, -0.15) is 4.37 Å². The fourth-order valence-corrected chi connectivity index (χ4v) is 4.14. The molecule has 2 aliphatic heterocycles. The number of halogens is 2. The van der Waals surface area contributed by atoms with Crippen LogP contribution in [0.5, 0.6) is 0 Å². The highest BCUT2D eigenvalue weighted by Gasteiger charge is 2.30. The van der Waals surface area contributed by atoms with Crippen LogP contribution in [0.15, 0.2) is 0 Å². The molecule has 1 aromatic rings. The number of amides is 1. The molecule has 2 aliphatic rings. The van der Waals surface area contributed by atoms with Crippen molar-refractivity contribution < 1.29 is 4.79 Å². The number of thioether (sulfide) groups is 1. The van der Waals surface area contributed by atoms with E-state index in [0.29, 0.717) is 0 Å². The second kappa shape index (κ2) is 9.12. The molecule has 6 nitrogen and oxygen atoms in total. The second-order valence-corrected chi connectivity index (χ2v) is 6.69. The van der Waals surface area contributed by atoms with E-state index in [1.54, 1.807) is 11.8 Å². The highest BCUT2D eigenvalue weighted by molar-refractivity contribution is 7.99. The molecular weight excluding hydrogens is 365 g/mol. The van der Waals surface area contributed by atoms with Crippen LogP contribution in [0.2, 0.25) is 0 Å². The minimum Gasteiger partial charge on any atom is -0.343 e. The van der Waals surface area contributed by atoms with Gasteiger partial charge in [0.1, 0.15) is 5.82 Å². The molecule has 2 saturated heterocycles. The van der Waals surface area contributed by atoms with Crippen molar-refractivity contribution in [1.29, 1.82) is 0 Å². The number of hydrogen-bond donors (Lipinski definition) is 1. The molecule has 2 fully saturated rings. The Hall–Kier alpha value is -0.280. The van der Waals surface area contributed by atoms with E-state index in [1.807, 2.05) is 4.90 Å². The van der Waals surface area contributed by atoms with Crippen molar-refractivity contribution in [3.05, 3.63) is 5.82 Å².